The van der Waals surface area contributed by atoms with Gasteiger partial charge in [-0.15, -0.1) is 11.3 Å². The highest BCUT2D eigenvalue weighted by molar-refractivity contribution is 7.84. The van der Waals surface area contributed by atoms with Gasteiger partial charge in [0.25, 0.3) is 11.8 Å². The number of carboxylic acids is 1. The molecule has 2 unspecified atom stereocenters. The molecular weight excluding hydrogens is 546 g/mol. The summed E-state index contributed by atoms with van der Waals surface area (Å²) in [5, 5.41) is 21.4. The Morgan fingerprint density at radius 2 is 2.00 bits per heavy atom. The Hall–Kier alpha value is -4.17. The standard InChI is InChI=1S/C18H23N11O7S2/c19-16(20)22-3-8-4-24-28(27-8)5-10-12(14(31)29(10)38(34,35)36)26-13(30)11(9-6-37-17(21)25-9)23-7-18(1-2-18)15(32)33/h4,6,10,12H,1-3,5,7H2,(H2,21,25)(H,26,30)(H,32,33)(H4,19,20,22)(H,34,35,36). The van der Waals surface area contributed by atoms with E-state index in [9.17, 15) is 32.5 Å². The van der Waals surface area contributed by atoms with E-state index < -0.39 is 45.6 Å². The van der Waals surface area contributed by atoms with E-state index >= 15 is 0 Å². The lowest BCUT2D eigenvalue weighted by Crippen LogP contribution is -2.73. The molecular formula is C18H23N11O7S2. The number of nitrogens with zero attached hydrogens (tertiary/aromatic N) is 7. The molecule has 20 heteroatoms. The predicted molar refractivity (Wildman–Crippen MR) is 131 cm³/mol. The number of carbonyl (C=O) groups is 3. The third-order valence-corrected chi connectivity index (χ3v) is 7.51. The molecule has 9 N–H and O–H groups in total. The summed E-state index contributed by atoms with van der Waals surface area (Å²) in [6.07, 6.45) is 2.08. The average molecular weight is 570 g/mol. The van der Waals surface area contributed by atoms with Crippen molar-refractivity contribution in [1.82, 2.24) is 29.6 Å². The summed E-state index contributed by atoms with van der Waals surface area (Å²) in [6.45, 7) is -0.559. The smallest absolute Gasteiger partial charge is 0.362 e. The number of aliphatic carboxylic acids is 1. The predicted octanol–water partition coefficient (Wildman–Crippen LogP) is -3.06. The molecule has 0 aromatic carbocycles. The van der Waals surface area contributed by atoms with Crippen molar-refractivity contribution in [3.05, 3.63) is 23.0 Å². The van der Waals surface area contributed by atoms with Crippen molar-refractivity contribution in [3.8, 4) is 0 Å². The number of anilines is 1. The first-order chi connectivity index (χ1) is 17.8. The second kappa shape index (κ2) is 9.95. The number of amides is 2. The lowest BCUT2D eigenvalue weighted by atomic mass is 9.98. The highest BCUT2D eigenvalue weighted by Gasteiger charge is 2.55. The van der Waals surface area contributed by atoms with Crippen molar-refractivity contribution in [2.75, 3.05) is 12.3 Å². The summed E-state index contributed by atoms with van der Waals surface area (Å²) in [6, 6.07) is -2.73. The lowest BCUT2D eigenvalue weighted by Gasteiger charge is -2.43. The van der Waals surface area contributed by atoms with Gasteiger partial charge in [0.2, 0.25) is 0 Å². The molecule has 2 atom stereocenters. The summed E-state index contributed by atoms with van der Waals surface area (Å²) in [5.74, 6) is -3.26. The monoisotopic (exact) mass is 569 g/mol. The Morgan fingerprint density at radius 1 is 1.29 bits per heavy atom. The van der Waals surface area contributed by atoms with E-state index in [1.807, 2.05) is 0 Å². The number of β-lactam (4-membered cyclic amide) rings is 1. The minimum absolute atomic E-state index is 0.0114. The Labute approximate surface area is 218 Å². The van der Waals surface area contributed by atoms with Crippen molar-refractivity contribution in [2.45, 2.75) is 38.0 Å². The zero-order valence-electron chi connectivity index (χ0n) is 19.5. The van der Waals surface area contributed by atoms with E-state index in [0.29, 0.717) is 18.5 Å². The molecule has 0 radical (unpaired) electrons. The maximum Gasteiger partial charge on any atom is 0.362 e. The van der Waals surface area contributed by atoms with Crippen molar-refractivity contribution < 1.29 is 32.5 Å². The van der Waals surface area contributed by atoms with Crippen LogP contribution in [0.3, 0.4) is 0 Å². The molecule has 2 amide bonds. The molecule has 4 rings (SSSR count). The first-order valence-corrected chi connectivity index (χ1v) is 13.1. The van der Waals surface area contributed by atoms with Gasteiger partial charge in [-0.25, -0.2) is 14.3 Å². The van der Waals surface area contributed by atoms with Gasteiger partial charge < -0.3 is 27.6 Å². The van der Waals surface area contributed by atoms with Crippen LogP contribution in [0.15, 0.2) is 21.6 Å². The summed E-state index contributed by atoms with van der Waals surface area (Å²) < 4.78 is 33.4. The number of aromatic nitrogens is 4. The Kier molecular flexibility index (Phi) is 7.04. The lowest BCUT2D eigenvalue weighted by molar-refractivity contribution is -0.145. The number of hydrogen-bond donors (Lipinski definition) is 6. The van der Waals surface area contributed by atoms with Gasteiger partial charge in [-0.1, -0.05) is 0 Å². The molecule has 1 aliphatic carbocycles. The Bertz CT molecular complexity index is 1440. The first-order valence-electron chi connectivity index (χ1n) is 10.9. The van der Waals surface area contributed by atoms with Crippen LogP contribution in [0.4, 0.5) is 5.13 Å². The van der Waals surface area contributed by atoms with Gasteiger partial charge in [0.15, 0.2) is 11.1 Å². The van der Waals surface area contributed by atoms with Gasteiger partial charge in [-0.2, -0.15) is 23.4 Å². The number of nitrogen functional groups attached to an aromatic ring is 1. The van der Waals surface area contributed by atoms with E-state index in [-0.39, 0.29) is 46.4 Å². The van der Waals surface area contributed by atoms with Gasteiger partial charge in [-0.05, 0) is 12.8 Å². The van der Waals surface area contributed by atoms with Crippen molar-refractivity contribution >= 4 is 56.2 Å². The van der Waals surface area contributed by atoms with Gasteiger partial charge in [0.05, 0.1) is 31.2 Å². The normalized spacial score (nSPS) is 20.5. The van der Waals surface area contributed by atoms with Crippen LogP contribution in [0.2, 0.25) is 0 Å². The van der Waals surface area contributed by atoms with Crippen molar-refractivity contribution in [2.24, 2.45) is 26.9 Å². The van der Waals surface area contributed by atoms with E-state index in [2.05, 4.69) is 30.5 Å². The number of nitrogens with one attached hydrogen (secondary N) is 1. The minimum Gasteiger partial charge on any atom is -0.481 e. The zero-order valence-corrected chi connectivity index (χ0v) is 21.1. The second-order valence-corrected chi connectivity index (χ2v) is 10.8. The molecule has 18 nitrogen and oxygen atoms in total. The number of nitrogens with two attached hydrogens (primary N) is 3. The SMILES string of the molecule is NC(N)=NCc1cnn(CC2C(NC(=O)C(=NCC3(C(=O)O)CC3)c3csc(N)n3)C(=O)N2S(=O)(=O)O)n1. The zero-order chi connectivity index (χ0) is 27.8. The van der Waals surface area contributed by atoms with E-state index in [0.717, 1.165) is 16.1 Å². The molecule has 204 valence electrons. The molecule has 0 spiro atoms. The third-order valence-electron chi connectivity index (χ3n) is 5.89. The van der Waals surface area contributed by atoms with Crippen LogP contribution in [0, 0.1) is 5.41 Å². The quantitative estimate of drug-likeness (QED) is 0.0679. The fourth-order valence-electron chi connectivity index (χ4n) is 3.67. The maximum absolute atomic E-state index is 13.2. The van der Waals surface area contributed by atoms with Crippen LogP contribution in [-0.4, -0.2) is 90.4 Å². The Balaban J connectivity index is 1.56. The van der Waals surface area contributed by atoms with Crippen molar-refractivity contribution in [3.63, 3.8) is 0 Å². The number of thiazole rings is 1. The number of guanidine groups is 1. The van der Waals surface area contributed by atoms with Crippen LogP contribution in [0.25, 0.3) is 0 Å². The summed E-state index contributed by atoms with van der Waals surface area (Å²) in [4.78, 5) is 50.4. The summed E-state index contributed by atoms with van der Waals surface area (Å²) >= 11 is 1.02. The topological polar surface area (TPSA) is 287 Å². The van der Waals surface area contributed by atoms with Gasteiger partial charge >= 0.3 is 16.3 Å². The van der Waals surface area contributed by atoms with Gasteiger partial charge in [-0.3, -0.25) is 23.9 Å². The molecule has 2 fully saturated rings. The number of rotatable bonds is 11. The van der Waals surface area contributed by atoms with E-state index in [1.165, 1.54) is 11.6 Å². The van der Waals surface area contributed by atoms with Crippen LogP contribution in [-0.2, 0) is 37.8 Å². The largest absolute Gasteiger partial charge is 0.481 e. The fraction of sp³-hybridized carbons (Fsp3) is 0.444. The van der Waals surface area contributed by atoms with Crippen LogP contribution in [0.1, 0.15) is 24.2 Å². The molecule has 3 heterocycles. The molecule has 38 heavy (non-hydrogen) atoms. The molecule has 1 saturated carbocycles. The number of carbonyl (C=O) groups excluding carboxylic acids is 2. The molecule has 2 aliphatic rings. The van der Waals surface area contributed by atoms with Gasteiger partial charge in [0.1, 0.15) is 29.2 Å². The molecule has 0 bridgehead atoms. The maximum atomic E-state index is 13.2. The summed E-state index contributed by atoms with van der Waals surface area (Å²) in [7, 11) is -4.98. The van der Waals surface area contributed by atoms with Crippen molar-refractivity contribution in [1.29, 1.82) is 0 Å². The van der Waals surface area contributed by atoms with E-state index in [1.54, 1.807) is 0 Å². The highest BCUT2D eigenvalue weighted by Crippen LogP contribution is 2.46. The average Bonchev–Trinajstić information content (AvgIpc) is 3.29. The highest BCUT2D eigenvalue weighted by atomic mass is 32.2. The fourth-order valence-corrected chi connectivity index (χ4v) is 5.09. The number of aliphatic imine (C=N–C) groups is 2. The van der Waals surface area contributed by atoms with Gasteiger partial charge in [0, 0.05) is 5.38 Å². The number of carboxylic acid groups (broad SMARTS) is 1. The third kappa shape index (κ3) is 5.55. The van der Waals surface area contributed by atoms with Crippen LogP contribution in [0.5, 0.6) is 0 Å². The molecule has 1 saturated heterocycles. The molecule has 1 aliphatic heterocycles. The van der Waals surface area contributed by atoms with E-state index in [4.69, 9.17) is 17.2 Å². The second-order valence-electron chi connectivity index (χ2n) is 8.58. The summed E-state index contributed by atoms with van der Waals surface area (Å²) in [5.41, 5.74) is 15.2. The molecule has 2 aromatic heterocycles. The first kappa shape index (κ1) is 26.9. The van der Waals surface area contributed by atoms with Crippen LogP contribution >= 0.6 is 11.3 Å². The van der Waals surface area contributed by atoms with Crippen LogP contribution < -0.4 is 22.5 Å². The Morgan fingerprint density at radius 3 is 2.55 bits per heavy atom. The minimum atomic E-state index is -4.98. The molecule has 2 aromatic rings. The number of hydrogen-bond acceptors (Lipinski definition) is 12.